The van der Waals surface area contributed by atoms with Crippen molar-refractivity contribution in [1.82, 2.24) is 20.5 Å². The molecule has 0 amide bonds. The third-order valence-electron chi connectivity index (χ3n) is 4.47. The van der Waals surface area contributed by atoms with Gasteiger partial charge in [0, 0.05) is 30.6 Å². The summed E-state index contributed by atoms with van der Waals surface area (Å²) in [7, 11) is 0. The third-order valence-corrected chi connectivity index (χ3v) is 5.67. The summed E-state index contributed by atoms with van der Waals surface area (Å²) in [6.07, 6.45) is 5.68. The van der Waals surface area contributed by atoms with Crippen LogP contribution in [0.4, 0.5) is 0 Å². The number of nitrogens with zero attached hydrogens (tertiary/aromatic N) is 3. The van der Waals surface area contributed by atoms with Gasteiger partial charge in [0.05, 0.1) is 23.9 Å². The van der Waals surface area contributed by atoms with Crippen LogP contribution in [0.1, 0.15) is 49.4 Å². The second-order valence-electron chi connectivity index (χ2n) is 6.22. The molecule has 0 saturated heterocycles. The van der Waals surface area contributed by atoms with E-state index in [9.17, 15) is 0 Å². The minimum atomic E-state index is 0. The van der Waals surface area contributed by atoms with Gasteiger partial charge in [-0.25, -0.2) is 4.98 Å². The van der Waals surface area contributed by atoms with Gasteiger partial charge in [0.2, 0.25) is 0 Å². The minimum Gasteiger partial charge on any atom is -0.468 e. The number of furan rings is 1. The maximum Gasteiger partial charge on any atom is 0.191 e. The molecular weight excluding hydrogens is 485 g/mol. The van der Waals surface area contributed by atoms with Crippen LogP contribution in [0.3, 0.4) is 0 Å². The van der Waals surface area contributed by atoms with Crippen LogP contribution in [-0.2, 0) is 12.8 Å². The summed E-state index contributed by atoms with van der Waals surface area (Å²) in [5.41, 5.74) is 0. The van der Waals surface area contributed by atoms with Gasteiger partial charge in [-0.2, -0.15) is 0 Å². The number of likely N-dealkylation sites (N-methyl/N-ethyl adjacent to an activating group) is 1. The molecule has 0 aliphatic heterocycles. The number of aliphatic imine (C=N–C) groups is 1. The summed E-state index contributed by atoms with van der Waals surface area (Å²) >= 11 is 1.79. The number of halogens is 1. The van der Waals surface area contributed by atoms with Crippen molar-refractivity contribution in [3.63, 3.8) is 0 Å². The van der Waals surface area contributed by atoms with Crippen molar-refractivity contribution in [2.24, 2.45) is 4.99 Å². The van der Waals surface area contributed by atoms with Gasteiger partial charge in [0.1, 0.15) is 5.76 Å². The van der Waals surface area contributed by atoms with Crippen LogP contribution in [-0.4, -0.2) is 48.6 Å². The zero-order chi connectivity index (χ0) is 19.5. The summed E-state index contributed by atoms with van der Waals surface area (Å²) in [6, 6.07) is 4.13. The highest BCUT2D eigenvalue weighted by atomic mass is 127. The number of thiazole rings is 1. The largest absolute Gasteiger partial charge is 0.468 e. The van der Waals surface area contributed by atoms with Crippen LogP contribution in [0.15, 0.2) is 34.0 Å². The smallest absolute Gasteiger partial charge is 0.191 e. The monoisotopic (exact) mass is 519 g/mol. The maximum atomic E-state index is 5.67. The van der Waals surface area contributed by atoms with E-state index < -0.39 is 0 Å². The van der Waals surface area contributed by atoms with E-state index in [4.69, 9.17) is 9.41 Å². The average Bonchev–Trinajstić information content (AvgIpc) is 3.36. The van der Waals surface area contributed by atoms with Crippen LogP contribution in [0.2, 0.25) is 0 Å². The van der Waals surface area contributed by atoms with Crippen LogP contribution >= 0.6 is 35.3 Å². The Bertz CT molecular complexity index is 670. The molecule has 0 radical (unpaired) electrons. The molecule has 2 aromatic heterocycles. The van der Waals surface area contributed by atoms with Gasteiger partial charge < -0.3 is 15.1 Å². The number of guanidine groups is 1. The minimum absolute atomic E-state index is 0. The normalized spacial score (nSPS) is 12.7. The summed E-state index contributed by atoms with van der Waals surface area (Å²) in [4.78, 5) is 13.0. The standard InChI is InChI=1S/C20H33N5OS.HI/c1-5-16-14-23-19(27-16)11-12-22-20(21-6-2)24-15-17(25(7-3)8-4)18-10-9-13-26-18;/h9-10,13-14,17H,5-8,11-12,15H2,1-4H3,(H2,21,22,24);1H. The number of hydrogen-bond acceptors (Lipinski definition) is 5. The average molecular weight is 519 g/mol. The number of hydrogen-bond donors (Lipinski definition) is 2. The fourth-order valence-corrected chi connectivity index (χ4v) is 3.83. The molecule has 0 aliphatic carbocycles. The molecule has 0 saturated carbocycles. The van der Waals surface area contributed by atoms with Crippen molar-refractivity contribution in [3.8, 4) is 0 Å². The Morgan fingerprint density at radius 1 is 1.25 bits per heavy atom. The number of nitrogens with one attached hydrogen (secondary N) is 2. The molecule has 0 bridgehead atoms. The van der Waals surface area contributed by atoms with Gasteiger partial charge in [-0.05, 0) is 38.6 Å². The molecule has 2 aromatic rings. The van der Waals surface area contributed by atoms with E-state index in [2.05, 4.69) is 48.2 Å². The van der Waals surface area contributed by atoms with Gasteiger partial charge in [-0.3, -0.25) is 9.89 Å². The third kappa shape index (κ3) is 7.71. The summed E-state index contributed by atoms with van der Waals surface area (Å²) in [5, 5.41) is 7.94. The fraction of sp³-hybridized carbons (Fsp3) is 0.600. The van der Waals surface area contributed by atoms with Crippen molar-refractivity contribution in [2.75, 3.05) is 32.7 Å². The molecule has 8 heteroatoms. The second-order valence-corrected chi connectivity index (χ2v) is 7.42. The molecule has 0 fully saturated rings. The Morgan fingerprint density at radius 3 is 2.61 bits per heavy atom. The highest BCUT2D eigenvalue weighted by molar-refractivity contribution is 14.0. The lowest BCUT2D eigenvalue weighted by Crippen LogP contribution is -2.39. The molecule has 1 unspecified atom stereocenters. The zero-order valence-electron chi connectivity index (χ0n) is 17.4. The van der Waals surface area contributed by atoms with E-state index in [1.54, 1.807) is 17.6 Å². The SMILES string of the molecule is CCNC(=NCC(c1ccco1)N(CC)CC)NCCc1ncc(CC)s1.I. The highest BCUT2D eigenvalue weighted by Gasteiger charge is 2.20. The lowest BCUT2D eigenvalue weighted by Gasteiger charge is -2.27. The molecule has 2 heterocycles. The van der Waals surface area contributed by atoms with Gasteiger partial charge in [0.25, 0.3) is 0 Å². The molecule has 2 rings (SSSR count). The molecule has 0 aromatic carbocycles. The summed E-state index contributed by atoms with van der Waals surface area (Å²) in [6.45, 7) is 12.8. The summed E-state index contributed by atoms with van der Waals surface area (Å²) < 4.78 is 5.67. The second kappa shape index (κ2) is 13.9. The predicted octanol–water partition coefficient (Wildman–Crippen LogP) is 4.10. The van der Waals surface area contributed by atoms with Crippen LogP contribution in [0.25, 0.3) is 0 Å². The Morgan fingerprint density at radius 2 is 2.04 bits per heavy atom. The van der Waals surface area contributed by atoms with Crippen LogP contribution < -0.4 is 10.6 Å². The Kier molecular flexibility index (Phi) is 12.4. The molecular formula is C20H34IN5OS. The van der Waals surface area contributed by atoms with Crippen molar-refractivity contribution in [1.29, 1.82) is 0 Å². The Hall–Kier alpha value is -1.13. The Labute approximate surface area is 190 Å². The number of rotatable bonds is 11. The van der Waals surface area contributed by atoms with E-state index in [1.165, 1.54) is 9.88 Å². The van der Waals surface area contributed by atoms with Crippen molar-refractivity contribution >= 4 is 41.3 Å². The molecule has 0 spiro atoms. The summed E-state index contributed by atoms with van der Waals surface area (Å²) in [5.74, 6) is 1.81. The van der Waals surface area contributed by atoms with E-state index >= 15 is 0 Å². The Balaban J connectivity index is 0.00000392. The van der Waals surface area contributed by atoms with Crippen molar-refractivity contribution in [3.05, 3.63) is 40.2 Å². The molecule has 28 heavy (non-hydrogen) atoms. The van der Waals surface area contributed by atoms with Crippen molar-refractivity contribution < 1.29 is 4.42 Å². The fourth-order valence-electron chi connectivity index (χ4n) is 2.97. The van der Waals surface area contributed by atoms with Gasteiger partial charge in [-0.15, -0.1) is 35.3 Å². The van der Waals surface area contributed by atoms with E-state index in [-0.39, 0.29) is 30.0 Å². The van der Waals surface area contributed by atoms with Gasteiger partial charge in [0.15, 0.2) is 5.96 Å². The molecule has 6 nitrogen and oxygen atoms in total. The van der Waals surface area contributed by atoms with Crippen molar-refractivity contribution in [2.45, 2.75) is 46.6 Å². The molecule has 158 valence electrons. The van der Waals surface area contributed by atoms with Crippen LogP contribution in [0, 0.1) is 0 Å². The first kappa shape index (κ1) is 24.9. The van der Waals surface area contributed by atoms with E-state index in [1.807, 2.05) is 18.3 Å². The van der Waals surface area contributed by atoms with Gasteiger partial charge in [-0.1, -0.05) is 20.8 Å². The molecule has 1 atom stereocenters. The highest BCUT2D eigenvalue weighted by Crippen LogP contribution is 2.21. The number of aryl methyl sites for hydroxylation is 1. The first-order chi connectivity index (χ1) is 13.2. The lowest BCUT2D eigenvalue weighted by molar-refractivity contribution is 0.198. The molecule has 0 aliphatic rings. The predicted molar refractivity (Wildman–Crippen MR) is 129 cm³/mol. The van der Waals surface area contributed by atoms with Crippen LogP contribution in [0.5, 0.6) is 0 Å². The van der Waals surface area contributed by atoms with E-state index in [0.717, 1.165) is 50.7 Å². The maximum absolute atomic E-state index is 5.67. The number of aromatic nitrogens is 1. The quantitative estimate of drug-likeness (QED) is 0.266. The topological polar surface area (TPSA) is 65.7 Å². The first-order valence-electron chi connectivity index (χ1n) is 9.94. The first-order valence-corrected chi connectivity index (χ1v) is 10.8. The van der Waals surface area contributed by atoms with Gasteiger partial charge >= 0.3 is 0 Å². The lowest BCUT2D eigenvalue weighted by atomic mass is 10.2. The van der Waals surface area contributed by atoms with E-state index in [0.29, 0.717) is 6.54 Å². The molecule has 2 N–H and O–H groups in total. The zero-order valence-corrected chi connectivity index (χ0v) is 20.5.